The zero-order valence-electron chi connectivity index (χ0n) is 10.7. The molecule has 1 rings (SSSR count). The van der Waals surface area contributed by atoms with Gasteiger partial charge in [0.2, 0.25) is 0 Å². The van der Waals surface area contributed by atoms with Crippen molar-refractivity contribution in [3.63, 3.8) is 0 Å². The third kappa shape index (κ3) is 3.54. The monoisotopic (exact) mass is 240 g/mol. The van der Waals surface area contributed by atoms with E-state index < -0.39 is 11.8 Å². The second-order valence-corrected chi connectivity index (χ2v) is 4.69. The maximum atomic E-state index is 11.8. The van der Waals surface area contributed by atoms with Crippen molar-refractivity contribution in [2.24, 2.45) is 0 Å². The van der Waals surface area contributed by atoms with Crippen LogP contribution in [-0.2, 0) is 14.4 Å². The highest BCUT2D eigenvalue weighted by molar-refractivity contribution is 6.35. The fraction of sp³-hybridized carbons (Fsp3) is 0.750. The summed E-state index contributed by atoms with van der Waals surface area (Å²) in [4.78, 5) is 37.4. The molecule has 1 fully saturated rings. The molecule has 0 saturated carbocycles. The normalized spacial score (nSPS) is 16.9. The Morgan fingerprint density at radius 3 is 2.41 bits per heavy atom. The summed E-state index contributed by atoms with van der Waals surface area (Å²) in [6.45, 7) is 6.98. The molecule has 0 aliphatic carbocycles. The minimum Gasteiger partial charge on any atom is -0.333 e. The summed E-state index contributed by atoms with van der Waals surface area (Å²) in [6, 6.07) is 0.0609. The van der Waals surface area contributed by atoms with E-state index in [2.05, 4.69) is 0 Å². The van der Waals surface area contributed by atoms with E-state index in [-0.39, 0.29) is 11.8 Å². The van der Waals surface area contributed by atoms with Crippen molar-refractivity contribution in [1.82, 2.24) is 9.80 Å². The minimum atomic E-state index is -0.437. The molecular weight excluding hydrogens is 220 g/mol. The third-order valence-corrected chi connectivity index (χ3v) is 2.92. The molecule has 17 heavy (non-hydrogen) atoms. The summed E-state index contributed by atoms with van der Waals surface area (Å²) in [5, 5.41) is 0. The largest absolute Gasteiger partial charge is 0.333 e. The second-order valence-electron chi connectivity index (χ2n) is 4.69. The number of hydrogen-bond acceptors (Lipinski definition) is 3. The van der Waals surface area contributed by atoms with Crippen LogP contribution in [0.1, 0.15) is 33.6 Å². The Balaban J connectivity index is 2.48. The number of Topliss-reactive ketones (excluding diaryl/α,β-unsaturated/α-hetero) is 1. The van der Waals surface area contributed by atoms with Crippen LogP contribution < -0.4 is 0 Å². The zero-order chi connectivity index (χ0) is 13.0. The van der Waals surface area contributed by atoms with Gasteiger partial charge >= 0.3 is 11.8 Å². The van der Waals surface area contributed by atoms with Gasteiger partial charge in [-0.25, -0.2) is 0 Å². The fourth-order valence-electron chi connectivity index (χ4n) is 1.91. The number of rotatable bonds is 5. The molecule has 5 heteroatoms. The highest BCUT2D eigenvalue weighted by atomic mass is 16.2. The van der Waals surface area contributed by atoms with Gasteiger partial charge in [-0.1, -0.05) is 0 Å². The lowest BCUT2D eigenvalue weighted by Crippen LogP contribution is -2.56. The van der Waals surface area contributed by atoms with E-state index in [0.29, 0.717) is 32.5 Å². The van der Waals surface area contributed by atoms with Crippen LogP contribution in [0.15, 0.2) is 0 Å². The second kappa shape index (κ2) is 5.80. The Bertz CT molecular complexity index is 326. The van der Waals surface area contributed by atoms with Crippen LogP contribution >= 0.6 is 0 Å². The minimum absolute atomic E-state index is 0.0609. The lowest BCUT2D eigenvalue weighted by molar-refractivity contribution is -0.157. The quantitative estimate of drug-likeness (QED) is 0.655. The molecule has 0 aromatic heterocycles. The van der Waals surface area contributed by atoms with Gasteiger partial charge in [-0.2, -0.15) is 0 Å². The molecule has 0 atom stereocenters. The van der Waals surface area contributed by atoms with Crippen molar-refractivity contribution < 1.29 is 14.4 Å². The molecule has 1 aliphatic rings. The van der Waals surface area contributed by atoms with Gasteiger partial charge in [-0.15, -0.1) is 0 Å². The number of amides is 2. The Labute approximate surface area is 102 Å². The number of carbonyl (C=O) groups is 3. The Morgan fingerprint density at radius 1 is 1.24 bits per heavy atom. The first-order chi connectivity index (χ1) is 7.93. The molecule has 0 unspecified atom stereocenters. The smallest absolute Gasteiger partial charge is 0.312 e. The first-order valence-electron chi connectivity index (χ1n) is 6.02. The molecule has 5 nitrogen and oxygen atoms in total. The van der Waals surface area contributed by atoms with E-state index in [1.54, 1.807) is 9.80 Å². The average molecular weight is 240 g/mol. The molecule has 0 bridgehead atoms. The van der Waals surface area contributed by atoms with Crippen LogP contribution in [0, 0.1) is 0 Å². The van der Waals surface area contributed by atoms with Crippen LogP contribution in [-0.4, -0.2) is 53.1 Å². The number of hydrogen-bond donors (Lipinski definition) is 0. The molecule has 1 heterocycles. The van der Waals surface area contributed by atoms with Gasteiger partial charge in [0.15, 0.2) is 0 Å². The van der Waals surface area contributed by atoms with Crippen molar-refractivity contribution in [2.75, 3.05) is 19.6 Å². The fourth-order valence-corrected chi connectivity index (χ4v) is 1.91. The van der Waals surface area contributed by atoms with Crippen LogP contribution in [0.4, 0.5) is 0 Å². The highest BCUT2D eigenvalue weighted by Crippen LogP contribution is 2.09. The molecule has 1 aliphatic heterocycles. The molecule has 0 N–H and O–H groups in total. The third-order valence-electron chi connectivity index (χ3n) is 2.92. The molecule has 0 aromatic carbocycles. The predicted molar refractivity (Wildman–Crippen MR) is 63.3 cm³/mol. The van der Waals surface area contributed by atoms with Gasteiger partial charge < -0.3 is 14.6 Å². The summed E-state index contributed by atoms with van der Waals surface area (Å²) >= 11 is 0. The Hall–Kier alpha value is -1.39. The maximum Gasteiger partial charge on any atom is 0.312 e. The zero-order valence-corrected chi connectivity index (χ0v) is 10.7. The van der Waals surface area contributed by atoms with Crippen molar-refractivity contribution >= 4 is 17.6 Å². The summed E-state index contributed by atoms with van der Waals surface area (Å²) in [5.41, 5.74) is 0. The highest BCUT2D eigenvalue weighted by Gasteiger charge is 2.33. The lowest BCUT2D eigenvalue weighted by atomic mass is 10.2. The maximum absolute atomic E-state index is 11.8. The van der Waals surface area contributed by atoms with Crippen LogP contribution in [0.5, 0.6) is 0 Å². The van der Waals surface area contributed by atoms with Gasteiger partial charge in [-0.05, 0) is 27.2 Å². The Kier molecular flexibility index (Phi) is 4.66. The number of carbonyl (C=O) groups excluding carboxylic acids is 3. The van der Waals surface area contributed by atoms with E-state index in [1.165, 1.54) is 6.92 Å². The lowest BCUT2D eigenvalue weighted by Gasteiger charge is -2.35. The first-order valence-corrected chi connectivity index (χ1v) is 6.02. The Morgan fingerprint density at radius 2 is 1.88 bits per heavy atom. The van der Waals surface area contributed by atoms with E-state index in [4.69, 9.17) is 0 Å². The van der Waals surface area contributed by atoms with Crippen LogP contribution in [0.2, 0.25) is 0 Å². The van der Waals surface area contributed by atoms with Gasteiger partial charge in [0, 0.05) is 32.1 Å². The van der Waals surface area contributed by atoms with Crippen molar-refractivity contribution in [1.29, 1.82) is 0 Å². The van der Waals surface area contributed by atoms with E-state index in [1.807, 2.05) is 13.8 Å². The number of ketones is 1. The summed E-state index contributed by atoms with van der Waals surface area (Å²) < 4.78 is 0. The molecule has 0 spiro atoms. The number of nitrogens with zero attached hydrogens (tertiary/aromatic N) is 2. The molecule has 0 radical (unpaired) electrons. The van der Waals surface area contributed by atoms with E-state index >= 15 is 0 Å². The van der Waals surface area contributed by atoms with E-state index in [0.717, 1.165) is 0 Å². The molecule has 96 valence electrons. The van der Waals surface area contributed by atoms with Gasteiger partial charge in [0.05, 0.1) is 0 Å². The molecule has 1 saturated heterocycles. The predicted octanol–water partition coefficient (Wildman–Crippen LogP) is 0.435. The van der Waals surface area contributed by atoms with Gasteiger partial charge in [0.1, 0.15) is 5.78 Å². The van der Waals surface area contributed by atoms with Gasteiger partial charge in [0.25, 0.3) is 0 Å². The molecule has 0 aromatic rings. The topological polar surface area (TPSA) is 57.7 Å². The van der Waals surface area contributed by atoms with Crippen molar-refractivity contribution in [3.8, 4) is 0 Å². The summed E-state index contributed by atoms with van der Waals surface area (Å²) in [5.74, 6) is -0.743. The summed E-state index contributed by atoms with van der Waals surface area (Å²) in [6.07, 6.45) is 1.10. The van der Waals surface area contributed by atoms with Crippen molar-refractivity contribution in [3.05, 3.63) is 0 Å². The van der Waals surface area contributed by atoms with Crippen LogP contribution in [0.25, 0.3) is 0 Å². The average Bonchev–Trinajstić information content (AvgIpc) is 2.23. The first kappa shape index (κ1) is 13.7. The molecule has 2 amide bonds. The molecular formula is C12H20N2O3. The summed E-state index contributed by atoms with van der Waals surface area (Å²) in [7, 11) is 0. The van der Waals surface area contributed by atoms with Gasteiger partial charge in [-0.3, -0.25) is 9.59 Å². The SMILES string of the molecule is CC(=O)CCCN1CCN(C(C)C)C(=O)C1=O. The van der Waals surface area contributed by atoms with Crippen LogP contribution in [0.3, 0.4) is 0 Å². The van der Waals surface area contributed by atoms with Crippen molar-refractivity contribution in [2.45, 2.75) is 39.7 Å². The van der Waals surface area contributed by atoms with E-state index in [9.17, 15) is 14.4 Å². The number of piperazine rings is 1. The standard InChI is InChI=1S/C12H20N2O3/c1-9(2)14-8-7-13(11(16)12(14)17)6-4-5-10(3)15/h9H,4-8H2,1-3H3.